The molecule has 0 aliphatic carbocycles. The maximum absolute atomic E-state index is 12.3. The van der Waals surface area contributed by atoms with Crippen LogP contribution in [0.25, 0.3) is 21.5 Å². The molecule has 0 unspecified atom stereocenters. The Morgan fingerprint density at radius 1 is 0.941 bits per heavy atom. The summed E-state index contributed by atoms with van der Waals surface area (Å²) >= 11 is 10.2. The van der Waals surface area contributed by atoms with Crippen LogP contribution in [0.2, 0.25) is 0 Å². The van der Waals surface area contributed by atoms with E-state index < -0.39 is 0 Å². The fraction of sp³-hybridized carbons (Fsp3) is 0. The zero-order valence-electron chi connectivity index (χ0n) is 17.4. The molecule has 2 aromatic heterocycles. The van der Waals surface area contributed by atoms with E-state index in [0.717, 1.165) is 21.5 Å². The topological polar surface area (TPSA) is 91.9 Å². The van der Waals surface area contributed by atoms with Crippen molar-refractivity contribution in [1.29, 1.82) is 0 Å². The third-order valence-corrected chi connectivity index (χ3v) is 6.47. The molecule has 0 spiro atoms. The second-order valence-electron chi connectivity index (χ2n) is 7.12. The summed E-state index contributed by atoms with van der Waals surface area (Å²) in [6.45, 7) is 0. The maximum Gasteiger partial charge on any atom is 0.291 e. The third kappa shape index (κ3) is 4.98. The Bertz CT molecular complexity index is 1520. The van der Waals surface area contributed by atoms with E-state index in [9.17, 15) is 4.79 Å². The Hall–Kier alpha value is -3.60. The molecule has 0 fully saturated rings. The molecule has 34 heavy (non-hydrogen) atoms. The summed E-state index contributed by atoms with van der Waals surface area (Å²) in [5.74, 6) is 1.48. The van der Waals surface area contributed by atoms with Crippen LogP contribution in [-0.4, -0.2) is 20.3 Å². The SMILES string of the molecule is O=c1[nH]nc(-c2ccc(Br)cc2)c2sc(NC(=S)Nc3ccc(Oc4ccccc4)cc3)nc12. The van der Waals surface area contributed by atoms with Gasteiger partial charge in [0, 0.05) is 15.7 Å². The molecule has 0 aliphatic heterocycles. The minimum absolute atomic E-state index is 0.311. The number of fused-ring (bicyclic) bond motifs is 1. The van der Waals surface area contributed by atoms with Crippen LogP contribution >= 0.6 is 39.5 Å². The molecule has 0 amide bonds. The number of halogens is 1. The number of para-hydroxylation sites is 1. The summed E-state index contributed by atoms with van der Waals surface area (Å²) in [6.07, 6.45) is 0. The first-order valence-electron chi connectivity index (χ1n) is 10.1. The summed E-state index contributed by atoms with van der Waals surface area (Å²) in [7, 11) is 0. The van der Waals surface area contributed by atoms with Gasteiger partial charge in [-0.25, -0.2) is 10.1 Å². The van der Waals surface area contributed by atoms with Crippen LogP contribution in [-0.2, 0) is 0 Å². The molecule has 3 aromatic carbocycles. The van der Waals surface area contributed by atoms with Gasteiger partial charge in [0.1, 0.15) is 17.2 Å². The molecule has 0 aliphatic rings. The molecule has 2 heterocycles. The van der Waals surface area contributed by atoms with Crippen molar-refractivity contribution in [3.63, 3.8) is 0 Å². The Labute approximate surface area is 212 Å². The lowest BCUT2D eigenvalue weighted by molar-refractivity contribution is 0.483. The number of aromatic nitrogens is 3. The van der Waals surface area contributed by atoms with Crippen molar-refractivity contribution in [2.45, 2.75) is 0 Å². The standard InChI is InChI=1S/C24H16BrN5O2S2/c25-15-8-6-14(7-9-15)19-21-20(22(31)30-29-19)27-24(34-21)28-23(33)26-16-10-12-18(13-11-16)32-17-4-2-1-3-5-17/h1-13H,(H,30,31)(H2,26,27,28,33). The first kappa shape index (κ1) is 22.2. The fourth-order valence-electron chi connectivity index (χ4n) is 3.19. The quantitative estimate of drug-likeness (QED) is 0.218. The average molecular weight is 550 g/mol. The smallest absolute Gasteiger partial charge is 0.291 e. The second-order valence-corrected chi connectivity index (χ2v) is 9.45. The molecule has 3 N–H and O–H groups in total. The maximum atomic E-state index is 12.3. The molecule has 7 nitrogen and oxygen atoms in total. The number of ether oxygens (including phenoxy) is 1. The van der Waals surface area contributed by atoms with Gasteiger partial charge in [0.25, 0.3) is 5.56 Å². The van der Waals surface area contributed by atoms with Gasteiger partial charge in [0.2, 0.25) is 0 Å². The van der Waals surface area contributed by atoms with Gasteiger partial charge >= 0.3 is 0 Å². The lowest BCUT2D eigenvalue weighted by atomic mass is 10.1. The predicted molar refractivity (Wildman–Crippen MR) is 144 cm³/mol. The van der Waals surface area contributed by atoms with Crippen LogP contribution < -0.4 is 20.9 Å². The van der Waals surface area contributed by atoms with Crippen LogP contribution in [0.5, 0.6) is 11.5 Å². The van der Waals surface area contributed by atoms with Gasteiger partial charge in [0.05, 0.1) is 4.70 Å². The second kappa shape index (κ2) is 9.72. The normalized spacial score (nSPS) is 10.7. The van der Waals surface area contributed by atoms with Crippen molar-refractivity contribution >= 4 is 65.6 Å². The van der Waals surface area contributed by atoms with E-state index in [0.29, 0.717) is 31.9 Å². The number of thiocarbonyl (C=S) groups is 1. The van der Waals surface area contributed by atoms with E-state index >= 15 is 0 Å². The highest BCUT2D eigenvalue weighted by molar-refractivity contribution is 9.10. The third-order valence-electron chi connectivity index (χ3n) is 4.76. The Morgan fingerprint density at radius 3 is 2.38 bits per heavy atom. The number of H-pyrrole nitrogens is 1. The van der Waals surface area contributed by atoms with Crippen molar-refractivity contribution in [2.75, 3.05) is 10.6 Å². The molecule has 0 saturated carbocycles. The summed E-state index contributed by atoms with van der Waals surface area (Å²) in [5, 5.41) is 13.8. The van der Waals surface area contributed by atoms with Crippen molar-refractivity contribution < 1.29 is 4.74 Å². The van der Waals surface area contributed by atoms with Gasteiger partial charge in [-0.1, -0.05) is 57.6 Å². The first-order valence-corrected chi connectivity index (χ1v) is 12.1. The van der Waals surface area contributed by atoms with Gasteiger partial charge in [-0.15, -0.1) is 0 Å². The molecule has 5 aromatic rings. The van der Waals surface area contributed by atoms with Crippen LogP contribution in [0.3, 0.4) is 0 Å². The first-order chi connectivity index (χ1) is 16.5. The Kier molecular flexibility index (Phi) is 6.35. The van der Waals surface area contributed by atoms with E-state index in [1.54, 1.807) is 0 Å². The molecule has 5 rings (SSSR count). The number of hydrogen-bond donors (Lipinski definition) is 3. The van der Waals surface area contributed by atoms with E-state index in [1.807, 2.05) is 78.9 Å². The highest BCUT2D eigenvalue weighted by Crippen LogP contribution is 2.32. The van der Waals surface area contributed by atoms with E-state index in [4.69, 9.17) is 17.0 Å². The number of hydrogen-bond acceptors (Lipinski definition) is 6. The van der Waals surface area contributed by atoms with Crippen LogP contribution in [0.1, 0.15) is 0 Å². The molecule has 0 atom stereocenters. The van der Waals surface area contributed by atoms with Crippen LogP contribution in [0, 0.1) is 0 Å². The molecule has 10 heteroatoms. The highest BCUT2D eigenvalue weighted by Gasteiger charge is 2.15. The number of aromatic amines is 1. The van der Waals surface area contributed by atoms with Gasteiger partial charge in [-0.05, 0) is 60.7 Å². The number of nitrogens with zero attached hydrogens (tertiary/aromatic N) is 2. The minimum Gasteiger partial charge on any atom is -0.457 e. The minimum atomic E-state index is -0.354. The number of rotatable bonds is 5. The van der Waals surface area contributed by atoms with Gasteiger partial charge in [-0.3, -0.25) is 4.79 Å². The number of thiazole rings is 1. The molecule has 0 radical (unpaired) electrons. The van der Waals surface area contributed by atoms with E-state index in [-0.39, 0.29) is 5.56 Å². The number of benzene rings is 3. The summed E-state index contributed by atoms with van der Waals surface area (Å²) < 4.78 is 7.44. The Balaban J connectivity index is 1.31. The summed E-state index contributed by atoms with van der Waals surface area (Å²) in [6, 6.07) is 24.7. The number of anilines is 2. The lowest BCUT2D eigenvalue weighted by Crippen LogP contribution is -2.19. The van der Waals surface area contributed by atoms with E-state index in [1.165, 1.54) is 11.3 Å². The molecule has 0 bridgehead atoms. The monoisotopic (exact) mass is 549 g/mol. The van der Waals surface area contributed by atoms with Crippen LogP contribution in [0.4, 0.5) is 10.8 Å². The average Bonchev–Trinajstić information content (AvgIpc) is 3.26. The molecule has 0 saturated heterocycles. The van der Waals surface area contributed by atoms with Gasteiger partial charge < -0.3 is 15.4 Å². The summed E-state index contributed by atoms with van der Waals surface area (Å²) in [5.41, 5.74) is 2.27. The molecular formula is C24H16BrN5O2S2. The van der Waals surface area contributed by atoms with Crippen molar-refractivity contribution in [2.24, 2.45) is 0 Å². The van der Waals surface area contributed by atoms with Gasteiger partial charge in [0.15, 0.2) is 15.8 Å². The predicted octanol–water partition coefficient (Wildman–Crippen LogP) is 6.41. The van der Waals surface area contributed by atoms with Crippen molar-refractivity contribution in [3.05, 3.63) is 93.7 Å². The highest BCUT2D eigenvalue weighted by atomic mass is 79.9. The largest absolute Gasteiger partial charge is 0.457 e. The zero-order valence-corrected chi connectivity index (χ0v) is 20.6. The number of nitrogens with one attached hydrogen (secondary N) is 3. The van der Waals surface area contributed by atoms with E-state index in [2.05, 4.69) is 41.7 Å². The Morgan fingerprint density at radius 2 is 1.65 bits per heavy atom. The lowest BCUT2D eigenvalue weighted by Gasteiger charge is -2.10. The van der Waals surface area contributed by atoms with Crippen LogP contribution in [0.15, 0.2) is 88.1 Å². The van der Waals surface area contributed by atoms with Gasteiger partial charge in [-0.2, -0.15) is 5.10 Å². The zero-order chi connectivity index (χ0) is 23.5. The van der Waals surface area contributed by atoms with Crippen molar-refractivity contribution in [3.8, 4) is 22.8 Å². The molecular weight excluding hydrogens is 534 g/mol. The summed E-state index contributed by atoms with van der Waals surface area (Å²) in [4.78, 5) is 16.7. The van der Waals surface area contributed by atoms with Crippen molar-refractivity contribution in [1.82, 2.24) is 15.2 Å². The fourth-order valence-corrected chi connectivity index (χ4v) is 4.71. The molecule has 168 valence electrons.